The highest BCUT2D eigenvalue weighted by Gasteiger charge is 2.32. The van der Waals surface area contributed by atoms with E-state index in [1.807, 2.05) is 38.5 Å². The van der Waals surface area contributed by atoms with Gasteiger partial charge in [0.15, 0.2) is 0 Å². The molecule has 0 nitrogen and oxygen atoms in total. The van der Waals surface area contributed by atoms with E-state index in [9.17, 15) is 13.2 Å². The van der Waals surface area contributed by atoms with Gasteiger partial charge in [0.05, 0.1) is 5.56 Å². The van der Waals surface area contributed by atoms with Crippen LogP contribution in [0.3, 0.4) is 0 Å². The summed E-state index contributed by atoms with van der Waals surface area (Å²) in [5, 5.41) is 0. The fourth-order valence-corrected chi connectivity index (χ4v) is 2.52. The molecule has 111 valence electrons. The monoisotopic (exact) mass is 291 g/mol. The summed E-state index contributed by atoms with van der Waals surface area (Å²) >= 11 is 0. The smallest absolute Gasteiger partial charge is 0.166 e. The number of halogens is 3. The van der Waals surface area contributed by atoms with Gasteiger partial charge in [0.25, 0.3) is 0 Å². The Balaban J connectivity index is 2.08. The van der Waals surface area contributed by atoms with E-state index in [-0.39, 0.29) is 0 Å². The number of alkyl halides is 3. The quantitative estimate of drug-likeness (QED) is 0.716. The predicted molar refractivity (Wildman–Crippen MR) is 79.1 cm³/mol. The molecule has 0 heterocycles. The number of aryl methyl sites for hydroxylation is 2. The van der Waals surface area contributed by atoms with Gasteiger partial charge in [-0.15, -0.1) is 0 Å². The van der Waals surface area contributed by atoms with Crippen LogP contribution in [-0.2, 0) is 19.0 Å². The summed E-state index contributed by atoms with van der Waals surface area (Å²) in [5.41, 5.74) is 3.34. The van der Waals surface area contributed by atoms with Gasteiger partial charge in [-0.3, -0.25) is 0 Å². The Morgan fingerprint density at radius 1 is 0.857 bits per heavy atom. The number of benzene rings is 2. The minimum absolute atomic E-state index is 0.323. The van der Waals surface area contributed by atoms with Crippen molar-refractivity contribution < 1.29 is 13.2 Å². The first-order valence-corrected chi connectivity index (χ1v) is 6.91. The zero-order valence-electron chi connectivity index (χ0n) is 12.2. The highest BCUT2D eigenvalue weighted by Crippen LogP contribution is 2.32. The molecule has 0 saturated heterocycles. The third kappa shape index (κ3) is 3.87. The Bertz CT molecular complexity index is 592. The Morgan fingerprint density at radius 2 is 1.48 bits per heavy atom. The maximum atomic E-state index is 12.9. The van der Waals surface area contributed by atoms with E-state index in [4.69, 9.17) is 0 Å². The van der Waals surface area contributed by atoms with E-state index < -0.39 is 11.7 Å². The molecule has 0 fully saturated rings. The molecule has 0 N–H and O–H groups in total. The standard InChI is InChI=1S/C18H18F3/c1-13-7-5-8-14(2)16(13)11-6-10-15-9-3-4-12-17(15)18(19,20)21/h3-9,12H,10-11H2,1-2H3. The molecule has 0 amide bonds. The molecule has 0 saturated carbocycles. The van der Waals surface area contributed by atoms with E-state index in [0.717, 1.165) is 6.07 Å². The molecule has 0 aromatic heterocycles. The van der Waals surface area contributed by atoms with Gasteiger partial charge >= 0.3 is 6.18 Å². The fourth-order valence-electron chi connectivity index (χ4n) is 2.52. The third-order valence-corrected chi connectivity index (χ3v) is 3.68. The summed E-state index contributed by atoms with van der Waals surface area (Å²) in [4.78, 5) is 0. The van der Waals surface area contributed by atoms with E-state index in [1.165, 1.54) is 22.8 Å². The summed E-state index contributed by atoms with van der Waals surface area (Å²) < 4.78 is 38.7. The first-order valence-electron chi connectivity index (χ1n) is 6.91. The maximum Gasteiger partial charge on any atom is 0.416 e. The molecule has 3 heteroatoms. The molecule has 0 bridgehead atoms. The normalized spacial score (nSPS) is 11.7. The molecular weight excluding hydrogens is 273 g/mol. The van der Waals surface area contributed by atoms with Crippen molar-refractivity contribution >= 4 is 0 Å². The minimum atomic E-state index is -4.29. The van der Waals surface area contributed by atoms with Gasteiger partial charge in [-0.05, 0) is 61.4 Å². The van der Waals surface area contributed by atoms with Crippen LogP contribution in [0.25, 0.3) is 0 Å². The van der Waals surface area contributed by atoms with E-state index in [0.29, 0.717) is 18.4 Å². The van der Waals surface area contributed by atoms with Crippen molar-refractivity contribution in [3.8, 4) is 0 Å². The molecule has 2 rings (SSSR count). The number of hydrogen-bond acceptors (Lipinski definition) is 0. The topological polar surface area (TPSA) is 0 Å². The Hall–Kier alpha value is -1.77. The third-order valence-electron chi connectivity index (χ3n) is 3.68. The molecule has 0 spiro atoms. The van der Waals surface area contributed by atoms with Crippen LogP contribution in [0.5, 0.6) is 0 Å². The van der Waals surface area contributed by atoms with Crippen LogP contribution in [0.2, 0.25) is 0 Å². The lowest BCUT2D eigenvalue weighted by Gasteiger charge is -2.13. The van der Waals surface area contributed by atoms with Crippen molar-refractivity contribution in [1.82, 2.24) is 0 Å². The van der Waals surface area contributed by atoms with Gasteiger partial charge in [-0.25, -0.2) is 0 Å². The average Bonchev–Trinajstić information content (AvgIpc) is 2.41. The van der Waals surface area contributed by atoms with Crippen LogP contribution in [0, 0.1) is 20.3 Å². The van der Waals surface area contributed by atoms with E-state index in [1.54, 1.807) is 12.1 Å². The zero-order chi connectivity index (χ0) is 15.5. The lowest BCUT2D eigenvalue weighted by Crippen LogP contribution is -2.09. The Kier molecular flexibility index (Phi) is 4.71. The molecule has 21 heavy (non-hydrogen) atoms. The second kappa shape index (κ2) is 6.33. The summed E-state index contributed by atoms with van der Waals surface area (Å²) in [5.74, 6) is 0. The van der Waals surface area contributed by atoms with Crippen LogP contribution >= 0.6 is 0 Å². The Morgan fingerprint density at radius 3 is 2.10 bits per heavy atom. The molecule has 1 radical (unpaired) electrons. The van der Waals surface area contributed by atoms with Crippen LogP contribution in [-0.4, -0.2) is 0 Å². The van der Waals surface area contributed by atoms with Gasteiger partial charge in [-0.1, -0.05) is 36.4 Å². The molecule has 0 aliphatic carbocycles. The SMILES string of the molecule is Cc1cccc(C)c1C[CH]Cc1ccccc1C(F)(F)F. The van der Waals surface area contributed by atoms with E-state index >= 15 is 0 Å². The fraction of sp³-hybridized carbons (Fsp3) is 0.278. The minimum Gasteiger partial charge on any atom is -0.166 e. The maximum absolute atomic E-state index is 12.9. The first kappa shape index (κ1) is 15.6. The largest absolute Gasteiger partial charge is 0.416 e. The molecule has 0 aliphatic rings. The molecule has 0 atom stereocenters. The van der Waals surface area contributed by atoms with Gasteiger partial charge in [-0.2, -0.15) is 13.2 Å². The molecule has 0 unspecified atom stereocenters. The second-order valence-corrected chi connectivity index (χ2v) is 5.22. The highest BCUT2D eigenvalue weighted by atomic mass is 19.4. The second-order valence-electron chi connectivity index (χ2n) is 5.22. The van der Waals surface area contributed by atoms with E-state index in [2.05, 4.69) is 0 Å². The summed E-state index contributed by atoms with van der Waals surface area (Å²) in [6, 6.07) is 11.8. The van der Waals surface area contributed by atoms with Crippen molar-refractivity contribution in [3.05, 3.63) is 76.7 Å². The van der Waals surface area contributed by atoms with Gasteiger partial charge < -0.3 is 0 Å². The van der Waals surface area contributed by atoms with Gasteiger partial charge in [0.1, 0.15) is 0 Å². The van der Waals surface area contributed by atoms with Crippen molar-refractivity contribution in [1.29, 1.82) is 0 Å². The van der Waals surface area contributed by atoms with Crippen LogP contribution in [0.4, 0.5) is 13.2 Å². The average molecular weight is 291 g/mol. The predicted octanol–water partition coefficient (Wildman–Crippen LogP) is 5.31. The van der Waals surface area contributed by atoms with Crippen LogP contribution in [0.15, 0.2) is 42.5 Å². The molecular formula is C18H18F3. The molecule has 2 aromatic rings. The Labute approximate surface area is 123 Å². The van der Waals surface area contributed by atoms with Crippen molar-refractivity contribution in [2.75, 3.05) is 0 Å². The lowest BCUT2D eigenvalue weighted by molar-refractivity contribution is -0.138. The van der Waals surface area contributed by atoms with Gasteiger partial charge in [0, 0.05) is 0 Å². The summed E-state index contributed by atoms with van der Waals surface area (Å²) in [7, 11) is 0. The summed E-state index contributed by atoms with van der Waals surface area (Å²) in [6.45, 7) is 4.06. The van der Waals surface area contributed by atoms with Crippen LogP contribution < -0.4 is 0 Å². The first-order chi connectivity index (χ1) is 9.89. The van der Waals surface area contributed by atoms with Crippen molar-refractivity contribution in [2.24, 2.45) is 0 Å². The van der Waals surface area contributed by atoms with Crippen LogP contribution in [0.1, 0.15) is 27.8 Å². The van der Waals surface area contributed by atoms with Crippen molar-refractivity contribution in [2.45, 2.75) is 32.9 Å². The van der Waals surface area contributed by atoms with Gasteiger partial charge in [0.2, 0.25) is 0 Å². The zero-order valence-corrected chi connectivity index (χ0v) is 12.2. The number of hydrogen-bond donors (Lipinski definition) is 0. The molecule has 0 aliphatic heterocycles. The molecule has 2 aromatic carbocycles. The summed E-state index contributed by atoms with van der Waals surface area (Å²) in [6.07, 6.45) is -1.36. The lowest BCUT2D eigenvalue weighted by atomic mass is 9.95. The number of rotatable bonds is 4. The van der Waals surface area contributed by atoms with Crippen molar-refractivity contribution in [3.63, 3.8) is 0 Å². The highest BCUT2D eigenvalue weighted by molar-refractivity contribution is 5.36.